The minimum absolute atomic E-state index is 0.0265. The van der Waals surface area contributed by atoms with Crippen LogP contribution in [0.3, 0.4) is 0 Å². The zero-order valence-electron chi connectivity index (χ0n) is 58.7. The van der Waals surface area contributed by atoms with Crippen LogP contribution < -0.4 is 37.2 Å². The van der Waals surface area contributed by atoms with Gasteiger partial charge in [-0.05, 0) is 167 Å². The summed E-state index contributed by atoms with van der Waals surface area (Å²) in [5.41, 5.74) is 11.5. The molecule has 2 aliphatic heterocycles. The van der Waals surface area contributed by atoms with Gasteiger partial charge in [0.1, 0.15) is 24.5 Å². The summed E-state index contributed by atoms with van der Waals surface area (Å²) in [4.78, 5) is 117. The van der Waals surface area contributed by atoms with Gasteiger partial charge in [0.05, 0.1) is 36.2 Å². The lowest BCUT2D eigenvalue weighted by Gasteiger charge is -2.70. The van der Waals surface area contributed by atoms with Crippen molar-refractivity contribution in [2.24, 2.45) is 33.3 Å². The second-order valence-electron chi connectivity index (χ2n) is 29.2. The van der Waals surface area contributed by atoms with E-state index in [4.69, 9.17) is 40.1 Å². The predicted molar refractivity (Wildman–Crippen MR) is 380 cm³/mol. The van der Waals surface area contributed by atoms with Crippen LogP contribution in [0.15, 0.2) is 79.0 Å². The number of amides is 8. The van der Waals surface area contributed by atoms with E-state index >= 15 is 0 Å². The topological polar surface area (TPSA) is 350 Å². The molecule has 0 spiro atoms. The van der Waals surface area contributed by atoms with E-state index in [1.54, 1.807) is 67.7 Å². The minimum atomic E-state index is -1.13. The fraction of sp³-hybridized carbons (Fsp3) is 0.521. The molecule has 538 valence electrons. The summed E-state index contributed by atoms with van der Waals surface area (Å²) >= 11 is 1.55. The molecule has 6 aromatic rings. The van der Waals surface area contributed by atoms with Crippen LogP contribution in [-0.4, -0.2) is 164 Å². The van der Waals surface area contributed by atoms with E-state index in [2.05, 4.69) is 50.2 Å². The van der Waals surface area contributed by atoms with Crippen molar-refractivity contribution < 1.29 is 57.7 Å². The predicted octanol–water partition coefficient (Wildman–Crippen LogP) is 9.65. The zero-order chi connectivity index (χ0) is 71.8. The number of rotatable bonds is 33. The Hall–Kier alpha value is -9.41. The highest BCUT2D eigenvalue weighted by atomic mass is 32.1. The number of nitrogens with zero attached hydrogens (tertiary/aromatic N) is 9. The summed E-state index contributed by atoms with van der Waals surface area (Å²) in [6.45, 7) is 15.3. The van der Waals surface area contributed by atoms with Crippen LogP contribution >= 0.6 is 11.3 Å². The first-order valence-corrected chi connectivity index (χ1v) is 35.7. The normalized spacial score (nSPS) is 21.0. The molecule has 101 heavy (non-hydrogen) atoms. The number of para-hydroxylation sites is 1. The zero-order valence-corrected chi connectivity index (χ0v) is 59.5. The number of imide groups is 1. The Bertz CT molecular complexity index is 4050. The minimum Gasteiger partial charge on any atom is -0.476 e. The summed E-state index contributed by atoms with van der Waals surface area (Å²) in [6, 6.07) is 15.7. The fourth-order valence-corrected chi connectivity index (χ4v) is 18.0. The highest BCUT2D eigenvalue weighted by Crippen LogP contribution is 2.75. The van der Waals surface area contributed by atoms with Gasteiger partial charge in [-0.15, -0.1) is 10.2 Å². The van der Waals surface area contributed by atoms with Crippen LogP contribution in [0, 0.1) is 41.4 Å². The van der Waals surface area contributed by atoms with Gasteiger partial charge in [-0.3, -0.25) is 33.6 Å². The number of carbonyl (C=O) groups excluding carboxylic acids is 7. The number of pyridine rings is 1. The van der Waals surface area contributed by atoms with Gasteiger partial charge in [-0.25, -0.2) is 24.4 Å². The quantitative estimate of drug-likeness (QED) is 0.0149. The van der Waals surface area contributed by atoms with E-state index in [0.717, 1.165) is 107 Å². The number of nitrogens with one attached hydrogen (secondary N) is 5. The number of nitrogens with two attached hydrogens (primary N) is 1. The molecule has 4 fully saturated rings. The van der Waals surface area contributed by atoms with Crippen LogP contribution in [0.25, 0.3) is 21.3 Å². The molecule has 2 unspecified atom stereocenters. The van der Waals surface area contributed by atoms with Crippen molar-refractivity contribution >= 4 is 97.5 Å². The van der Waals surface area contributed by atoms with E-state index in [0.29, 0.717) is 73.5 Å². The first-order chi connectivity index (χ1) is 48.3. The van der Waals surface area contributed by atoms with Crippen LogP contribution in [0.4, 0.5) is 37.9 Å². The highest BCUT2D eigenvalue weighted by molar-refractivity contribution is 7.22. The molecule has 0 saturated heterocycles. The van der Waals surface area contributed by atoms with Crippen LogP contribution in [-0.2, 0) is 57.8 Å². The first-order valence-electron chi connectivity index (χ1n) is 34.9. The highest BCUT2D eigenvalue weighted by Gasteiger charge is 2.65. The lowest BCUT2D eigenvalue weighted by molar-refractivity contribution is -0.198. The largest absolute Gasteiger partial charge is 0.476 e. The Morgan fingerprint density at radius 3 is 2.26 bits per heavy atom. The number of fused-ring (bicyclic) bond motifs is 2. The van der Waals surface area contributed by atoms with E-state index in [9.17, 15) is 43.5 Å². The summed E-state index contributed by atoms with van der Waals surface area (Å²) in [5.74, 6) is -2.24. The monoisotopic (exact) mass is 1400 g/mol. The van der Waals surface area contributed by atoms with Crippen molar-refractivity contribution in [1.82, 2.24) is 55.7 Å². The molecule has 4 aliphatic carbocycles. The molecule has 4 bridgehead atoms. The smallest absolute Gasteiger partial charge is 0.410 e. The second-order valence-corrected chi connectivity index (χ2v) is 30.2. The van der Waals surface area contributed by atoms with Gasteiger partial charge < -0.3 is 61.4 Å². The number of carboxylic acids is 1. The van der Waals surface area contributed by atoms with Crippen molar-refractivity contribution in [3.05, 3.63) is 107 Å². The lowest BCUT2D eigenvalue weighted by atomic mass is 9.35. The molecular formula is C73H93N15O12S. The van der Waals surface area contributed by atoms with Crippen molar-refractivity contribution in [3.63, 3.8) is 0 Å². The van der Waals surface area contributed by atoms with Crippen LogP contribution in [0.2, 0.25) is 0 Å². The van der Waals surface area contributed by atoms with Crippen molar-refractivity contribution in [1.29, 1.82) is 0 Å². The van der Waals surface area contributed by atoms with Crippen molar-refractivity contribution in [2.75, 3.05) is 75.2 Å². The number of methoxy groups -OCH3 is 1. The number of hydrogen-bond donors (Lipinski definition) is 7. The number of benzene rings is 2. The number of carbonyl (C=O) groups is 8. The molecule has 28 heteroatoms. The molecule has 8 N–H and O–H groups in total. The molecule has 12 rings (SSSR count). The van der Waals surface area contributed by atoms with Gasteiger partial charge in [0, 0.05) is 98.6 Å². The van der Waals surface area contributed by atoms with Crippen LogP contribution in [0.1, 0.15) is 144 Å². The maximum absolute atomic E-state index is 14.1. The molecule has 4 atom stereocenters. The van der Waals surface area contributed by atoms with E-state index in [1.165, 1.54) is 12.2 Å². The number of ether oxygens (including phenoxy) is 3. The average Bonchev–Trinajstić information content (AvgIpc) is 0.885. The number of carboxylic acid groups (broad SMARTS) is 1. The Balaban J connectivity index is 0.694. The van der Waals surface area contributed by atoms with Gasteiger partial charge in [0.2, 0.25) is 17.7 Å². The van der Waals surface area contributed by atoms with Gasteiger partial charge in [-0.2, -0.15) is 5.10 Å². The third-order valence-electron chi connectivity index (χ3n) is 20.4. The molecule has 6 heterocycles. The molecule has 0 radical (unpaired) electrons. The Morgan fingerprint density at radius 1 is 0.812 bits per heavy atom. The molecule has 4 saturated carbocycles. The molecule has 2 aromatic carbocycles. The molecule has 8 amide bonds. The molecule has 4 aromatic heterocycles. The van der Waals surface area contributed by atoms with Gasteiger partial charge in [0.25, 0.3) is 11.8 Å². The first kappa shape index (κ1) is 72.8. The number of thiazole rings is 1. The van der Waals surface area contributed by atoms with Crippen molar-refractivity contribution in [3.8, 4) is 11.1 Å². The fourth-order valence-electron chi connectivity index (χ4n) is 17.1. The standard InChI is InChI=1S/C73H93N15O12S/c1-45(2)60(81-57(89)26-34-99-35-32-87-58(90)24-25-59(87)91)65(93)78-54(16-10-28-75-67(74)96)64(92)77-49-20-18-48(19-21-49)37-100-69(97)85(30-13-33-98-7)29-12-27-72-39-70(5)38-71(6,40-72)42-73(41-70,43-72)44-88-47(4)52(36-76-88)51-22-23-56(80-61(51)66(94)95)86-31-11-14-50-46(3)62(83-84-63(50)86)82-68-79-53-15-8-9-17-55(53)101-68/h8-9,15,17-25,36,45,54,60H,10-14,16,26-35,37-44H2,1-7H3,(H,77,92)(H,78,93)(H,81,89)(H,94,95)(H3,74,75,96)(H,79,82,83)/t54-,60-,70?,71?,72?,73?/m0/s1. The lowest BCUT2D eigenvalue weighted by Crippen LogP contribution is -2.60. The third-order valence-corrected chi connectivity index (χ3v) is 21.4. The molecule has 6 aliphatic rings. The second kappa shape index (κ2) is 31.2. The van der Waals surface area contributed by atoms with E-state index in [1.807, 2.05) is 55.1 Å². The SMILES string of the molecule is COCCCN(CCCC12CC3(C)CC(C)(C1)CC(Cn1ncc(-c4ccc(N5CCCc6c5nnc(Nc5nc7ccccc7s5)c6C)nc4C(=O)O)c1C)(C3)C2)C(=O)OCc1ccc(NC(=O)[C@H](CCCNC(N)=O)NC(=O)[C@@H](NC(=O)CCOCCN2C(=O)C=CC2=O)C(C)C)cc1. The Labute approximate surface area is 591 Å². The van der Waals surface area contributed by atoms with Gasteiger partial charge >= 0.3 is 18.1 Å². The number of aromatic nitrogens is 6. The average molecular weight is 1400 g/mol. The number of aromatic carboxylic acids is 1. The Morgan fingerprint density at radius 2 is 1.54 bits per heavy atom. The number of urea groups is 1. The summed E-state index contributed by atoms with van der Waals surface area (Å²) in [6.07, 6.45) is 14.5. The summed E-state index contributed by atoms with van der Waals surface area (Å²) < 4.78 is 20.0. The molecular weight excluding hydrogens is 1310 g/mol. The van der Waals surface area contributed by atoms with Gasteiger partial charge in [-0.1, -0.05) is 63.3 Å². The maximum atomic E-state index is 14.1. The Kier molecular flexibility index (Phi) is 22.5. The number of hydrogen-bond acceptors (Lipinski definition) is 19. The van der Waals surface area contributed by atoms with E-state index < -0.39 is 59.7 Å². The van der Waals surface area contributed by atoms with Crippen molar-refractivity contribution in [2.45, 2.75) is 157 Å². The number of primary amides is 1. The third kappa shape index (κ3) is 17.3. The van der Waals surface area contributed by atoms with Crippen LogP contribution in [0.5, 0.6) is 0 Å². The summed E-state index contributed by atoms with van der Waals surface area (Å²) in [5, 5.41) is 40.1. The number of anilines is 5. The maximum Gasteiger partial charge on any atom is 0.410 e. The van der Waals surface area contributed by atoms with Gasteiger partial charge in [0.15, 0.2) is 22.5 Å². The van der Waals surface area contributed by atoms with E-state index in [-0.39, 0.29) is 85.4 Å². The summed E-state index contributed by atoms with van der Waals surface area (Å²) in [7, 11) is 1.64. The molecule has 27 nitrogen and oxygen atoms in total.